The zero-order valence-electron chi connectivity index (χ0n) is 15.2. The van der Waals surface area contributed by atoms with Gasteiger partial charge in [-0.3, -0.25) is 0 Å². The number of methoxy groups -OCH3 is 1. The van der Waals surface area contributed by atoms with Crippen LogP contribution < -0.4 is 4.74 Å². The van der Waals surface area contributed by atoms with Gasteiger partial charge in [0.15, 0.2) is 5.60 Å². The molecular formula is C18H25F3N2O2. The number of aryl methyl sites for hydroxylation is 1. The molecule has 1 N–H and O–H groups in total. The van der Waals surface area contributed by atoms with Crippen LogP contribution in [0.15, 0.2) is 29.3 Å². The van der Waals surface area contributed by atoms with Crippen molar-refractivity contribution in [1.29, 1.82) is 0 Å². The predicted molar refractivity (Wildman–Crippen MR) is 93.6 cm³/mol. The topological polar surface area (TPSA) is 45.1 Å². The fourth-order valence-corrected chi connectivity index (χ4v) is 2.34. The Bertz CT molecular complexity index is 656. The van der Waals surface area contributed by atoms with Gasteiger partial charge in [-0.25, -0.2) is 4.99 Å². The molecule has 0 aliphatic carbocycles. The predicted octanol–water partition coefficient (Wildman–Crippen LogP) is 4.33. The number of aliphatic hydroxyl groups is 1. The highest BCUT2D eigenvalue weighted by Crippen LogP contribution is 2.47. The van der Waals surface area contributed by atoms with Gasteiger partial charge in [0.1, 0.15) is 5.75 Å². The fraction of sp³-hybridized carbons (Fsp3) is 0.500. The molecular weight excluding hydrogens is 333 g/mol. The summed E-state index contributed by atoms with van der Waals surface area (Å²) in [6, 6.07) is 2.67. The van der Waals surface area contributed by atoms with Gasteiger partial charge in [-0.1, -0.05) is 5.57 Å². The molecule has 0 fully saturated rings. The van der Waals surface area contributed by atoms with E-state index in [4.69, 9.17) is 4.74 Å². The molecule has 0 aliphatic rings. The number of nitrogens with zero attached hydrogens (tertiary/aromatic N) is 2. The molecule has 7 heteroatoms. The van der Waals surface area contributed by atoms with E-state index < -0.39 is 18.2 Å². The number of aliphatic imine (C=N–C) groups is 1. The number of alkyl halides is 3. The molecule has 0 aromatic heterocycles. The van der Waals surface area contributed by atoms with E-state index >= 15 is 0 Å². The highest BCUT2D eigenvalue weighted by molar-refractivity contribution is 5.65. The van der Waals surface area contributed by atoms with Gasteiger partial charge < -0.3 is 14.7 Å². The van der Waals surface area contributed by atoms with E-state index in [-0.39, 0.29) is 16.9 Å². The zero-order chi connectivity index (χ0) is 19.4. The molecule has 0 bridgehead atoms. The SMILES string of the molecule is C=C(C)CC(O)(c1cc(C)c(/N=C/N(C)CC)cc1OC)C(F)(F)F. The van der Waals surface area contributed by atoms with Crippen molar-refractivity contribution in [3.8, 4) is 5.75 Å². The molecule has 4 nitrogen and oxygen atoms in total. The summed E-state index contributed by atoms with van der Waals surface area (Å²) in [4.78, 5) is 6.10. The second-order valence-electron chi connectivity index (χ2n) is 6.15. The number of benzene rings is 1. The molecule has 1 aromatic carbocycles. The molecule has 0 saturated heterocycles. The first-order chi connectivity index (χ1) is 11.5. The Morgan fingerprint density at radius 3 is 2.44 bits per heavy atom. The number of hydrogen-bond acceptors (Lipinski definition) is 3. The van der Waals surface area contributed by atoms with Crippen LogP contribution in [0, 0.1) is 6.92 Å². The average molecular weight is 358 g/mol. The maximum Gasteiger partial charge on any atom is 0.421 e. The highest BCUT2D eigenvalue weighted by atomic mass is 19.4. The van der Waals surface area contributed by atoms with E-state index in [1.807, 2.05) is 18.9 Å². The minimum atomic E-state index is -4.88. The van der Waals surface area contributed by atoms with Crippen LogP contribution in [0.5, 0.6) is 5.75 Å². The van der Waals surface area contributed by atoms with Gasteiger partial charge in [0.05, 0.1) is 19.1 Å². The lowest BCUT2D eigenvalue weighted by molar-refractivity contribution is -0.266. The van der Waals surface area contributed by atoms with Crippen molar-refractivity contribution in [2.75, 3.05) is 20.7 Å². The maximum atomic E-state index is 13.6. The lowest BCUT2D eigenvalue weighted by Gasteiger charge is -2.32. The summed E-state index contributed by atoms with van der Waals surface area (Å²) < 4.78 is 46.0. The Balaban J connectivity index is 3.51. The molecule has 1 atom stereocenters. The normalized spacial score (nSPS) is 14.4. The first kappa shape index (κ1) is 21.0. The standard InChI is InChI=1S/C18H25F3N2O2/c1-7-23(5)11-22-15-9-16(25-6)14(8-13(15)4)17(24,10-12(2)3)18(19,20)21/h8-9,11,24H,2,7,10H2,1,3-6H3/b22-11+. The zero-order valence-corrected chi connectivity index (χ0v) is 15.2. The molecule has 1 aromatic rings. The molecule has 1 rings (SSSR count). The number of rotatable bonds is 7. The van der Waals surface area contributed by atoms with Gasteiger partial charge in [-0.15, -0.1) is 6.58 Å². The lowest BCUT2D eigenvalue weighted by Crippen LogP contribution is -2.42. The van der Waals surface area contributed by atoms with E-state index in [9.17, 15) is 18.3 Å². The summed E-state index contributed by atoms with van der Waals surface area (Å²) in [7, 11) is 3.09. The van der Waals surface area contributed by atoms with E-state index in [0.717, 1.165) is 6.54 Å². The smallest absolute Gasteiger partial charge is 0.421 e. The summed E-state index contributed by atoms with van der Waals surface area (Å²) in [5.41, 5.74) is -2.23. The third kappa shape index (κ3) is 4.75. The van der Waals surface area contributed by atoms with Crippen molar-refractivity contribution in [2.24, 2.45) is 4.99 Å². The number of ether oxygens (including phenoxy) is 1. The molecule has 0 spiro atoms. The van der Waals surface area contributed by atoms with Crippen molar-refractivity contribution in [2.45, 2.75) is 39.0 Å². The summed E-state index contributed by atoms with van der Waals surface area (Å²) in [5, 5.41) is 10.5. The minimum Gasteiger partial charge on any atom is -0.496 e. The van der Waals surface area contributed by atoms with E-state index in [2.05, 4.69) is 11.6 Å². The van der Waals surface area contributed by atoms with Gasteiger partial charge >= 0.3 is 6.18 Å². The monoisotopic (exact) mass is 358 g/mol. The van der Waals surface area contributed by atoms with Crippen LogP contribution in [0.4, 0.5) is 18.9 Å². The Morgan fingerprint density at radius 2 is 2.00 bits per heavy atom. The van der Waals surface area contributed by atoms with Gasteiger partial charge in [0, 0.05) is 31.6 Å². The summed E-state index contributed by atoms with van der Waals surface area (Å²) in [6.07, 6.45) is -3.93. The maximum absolute atomic E-state index is 13.6. The van der Waals surface area contributed by atoms with E-state index in [1.165, 1.54) is 26.2 Å². The first-order valence-corrected chi connectivity index (χ1v) is 7.83. The van der Waals surface area contributed by atoms with Gasteiger partial charge in [0.25, 0.3) is 0 Å². The third-order valence-corrected chi connectivity index (χ3v) is 3.88. The van der Waals surface area contributed by atoms with Crippen LogP contribution in [0.25, 0.3) is 0 Å². The Hall–Kier alpha value is -2.02. The second-order valence-corrected chi connectivity index (χ2v) is 6.15. The largest absolute Gasteiger partial charge is 0.496 e. The molecule has 0 saturated carbocycles. The van der Waals surface area contributed by atoms with E-state index in [1.54, 1.807) is 13.3 Å². The summed E-state index contributed by atoms with van der Waals surface area (Å²) in [6.45, 7) is 9.27. The number of hydrogen-bond donors (Lipinski definition) is 1. The summed E-state index contributed by atoms with van der Waals surface area (Å²) in [5.74, 6) is -0.0713. The molecule has 0 heterocycles. The van der Waals surface area contributed by atoms with Crippen LogP contribution in [-0.4, -0.2) is 43.2 Å². The lowest BCUT2D eigenvalue weighted by atomic mass is 9.85. The summed E-state index contributed by atoms with van der Waals surface area (Å²) >= 11 is 0. The molecule has 0 amide bonds. The quantitative estimate of drug-likeness (QED) is 0.448. The molecule has 25 heavy (non-hydrogen) atoms. The molecule has 0 aliphatic heterocycles. The Morgan fingerprint density at radius 1 is 1.40 bits per heavy atom. The van der Waals surface area contributed by atoms with Crippen molar-refractivity contribution < 1.29 is 23.0 Å². The van der Waals surface area contributed by atoms with Crippen molar-refractivity contribution in [3.63, 3.8) is 0 Å². The van der Waals surface area contributed by atoms with Gasteiger partial charge in [-0.05, 0) is 32.4 Å². The van der Waals surface area contributed by atoms with E-state index in [0.29, 0.717) is 11.3 Å². The molecule has 0 radical (unpaired) electrons. The molecule has 140 valence electrons. The highest BCUT2D eigenvalue weighted by Gasteiger charge is 2.56. The third-order valence-electron chi connectivity index (χ3n) is 3.88. The van der Waals surface area contributed by atoms with Crippen molar-refractivity contribution in [3.05, 3.63) is 35.4 Å². The fourth-order valence-electron chi connectivity index (χ4n) is 2.34. The first-order valence-electron chi connectivity index (χ1n) is 7.83. The van der Waals surface area contributed by atoms with Crippen molar-refractivity contribution >= 4 is 12.0 Å². The number of halogens is 3. The van der Waals surface area contributed by atoms with Crippen molar-refractivity contribution in [1.82, 2.24) is 4.90 Å². The average Bonchev–Trinajstić information content (AvgIpc) is 2.51. The van der Waals surface area contributed by atoms with Gasteiger partial charge in [0.2, 0.25) is 0 Å². The molecule has 1 unspecified atom stereocenters. The second kappa shape index (κ2) is 7.91. The van der Waals surface area contributed by atoms with Crippen LogP contribution in [0.3, 0.4) is 0 Å². The van der Waals surface area contributed by atoms with Crippen LogP contribution in [-0.2, 0) is 5.60 Å². The van der Waals surface area contributed by atoms with Crippen LogP contribution in [0.1, 0.15) is 31.4 Å². The van der Waals surface area contributed by atoms with Gasteiger partial charge in [-0.2, -0.15) is 13.2 Å². The van der Waals surface area contributed by atoms with Crippen LogP contribution >= 0.6 is 0 Å². The van der Waals surface area contributed by atoms with Crippen LogP contribution in [0.2, 0.25) is 0 Å². The minimum absolute atomic E-state index is 0.0713. The Kier molecular flexibility index (Phi) is 6.65. The Labute approximate surface area is 146 Å².